The molecule has 5 nitrogen and oxygen atoms in total. The zero-order chi connectivity index (χ0) is 17.4. The number of hydrogen-bond acceptors (Lipinski definition) is 3. The molecule has 0 fully saturated rings. The third-order valence-corrected chi connectivity index (χ3v) is 5.80. The summed E-state index contributed by atoms with van der Waals surface area (Å²) in [4.78, 5) is 5.99. The normalized spacial score (nSPS) is 16.1. The molecule has 1 heterocycles. The summed E-state index contributed by atoms with van der Waals surface area (Å²) in [6, 6.07) is 14.9. The van der Waals surface area contributed by atoms with Crippen LogP contribution in [0.5, 0.6) is 0 Å². The first kappa shape index (κ1) is 15.9. The second kappa shape index (κ2) is 6.04. The summed E-state index contributed by atoms with van der Waals surface area (Å²) in [6.07, 6.45) is 2.68. The standard InChI is InChI=1S/C19H19N3O2S/c1-13-9-11-14(12-10-13)25(23,24)22-21-18-8-4-6-16-15-5-2-3-7-17(15)20-19(16)18/h2-3,5,7,9-12,20,22H,4,6,8H2,1H3/b21-18-. The zero-order valence-corrected chi connectivity index (χ0v) is 14.7. The number of hydrogen-bond donors (Lipinski definition) is 2. The van der Waals surface area contributed by atoms with E-state index in [1.165, 1.54) is 10.9 Å². The largest absolute Gasteiger partial charge is 0.353 e. The van der Waals surface area contributed by atoms with Gasteiger partial charge in [0, 0.05) is 10.9 Å². The van der Waals surface area contributed by atoms with Gasteiger partial charge in [0.05, 0.1) is 16.3 Å². The fourth-order valence-corrected chi connectivity index (χ4v) is 4.09. The van der Waals surface area contributed by atoms with E-state index >= 15 is 0 Å². The Hall–Kier alpha value is -2.60. The van der Waals surface area contributed by atoms with Gasteiger partial charge >= 0.3 is 0 Å². The monoisotopic (exact) mass is 353 g/mol. The molecule has 1 aliphatic carbocycles. The highest BCUT2D eigenvalue weighted by atomic mass is 32.2. The summed E-state index contributed by atoms with van der Waals surface area (Å²) in [5.74, 6) is 0. The summed E-state index contributed by atoms with van der Waals surface area (Å²) < 4.78 is 24.9. The van der Waals surface area contributed by atoms with Gasteiger partial charge < -0.3 is 4.98 Å². The SMILES string of the molecule is Cc1ccc(S(=O)(=O)N/N=C2/CCCc3c2[nH]c2ccccc32)cc1. The number of sulfonamides is 1. The predicted octanol–water partition coefficient (Wildman–Crippen LogP) is 3.50. The van der Waals surface area contributed by atoms with Gasteiger partial charge in [-0.1, -0.05) is 35.9 Å². The van der Waals surface area contributed by atoms with Gasteiger partial charge in [-0.05, 0) is 49.9 Å². The smallest absolute Gasteiger partial charge is 0.276 e. The van der Waals surface area contributed by atoms with Crippen LogP contribution in [-0.4, -0.2) is 19.1 Å². The topological polar surface area (TPSA) is 74.3 Å². The van der Waals surface area contributed by atoms with Gasteiger partial charge in [-0.15, -0.1) is 0 Å². The van der Waals surface area contributed by atoms with Crippen LogP contribution < -0.4 is 4.83 Å². The average Bonchev–Trinajstić information content (AvgIpc) is 3.00. The third kappa shape index (κ3) is 2.93. The van der Waals surface area contributed by atoms with Crippen molar-refractivity contribution >= 4 is 26.6 Å². The summed E-state index contributed by atoms with van der Waals surface area (Å²) in [5.41, 5.74) is 4.99. The number of aromatic amines is 1. The second-order valence-electron chi connectivity index (χ2n) is 6.34. The summed E-state index contributed by atoms with van der Waals surface area (Å²) in [5, 5.41) is 5.42. The molecule has 0 unspecified atom stereocenters. The summed E-state index contributed by atoms with van der Waals surface area (Å²) >= 11 is 0. The van der Waals surface area contributed by atoms with E-state index in [-0.39, 0.29) is 4.90 Å². The quantitative estimate of drug-likeness (QED) is 0.707. The minimum Gasteiger partial charge on any atom is -0.353 e. The van der Waals surface area contributed by atoms with Crippen molar-refractivity contribution in [3.8, 4) is 0 Å². The first-order valence-electron chi connectivity index (χ1n) is 8.29. The Morgan fingerprint density at radius 1 is 1.04 bits per heavy atom. The third-order valence-electron chi connectivity index (χ3n) is 4.57. The van der Waals surface area contributed by atoms with Crippen molar-refractivity contribution in [3.63, 3.8) is 0 Å². The van der Waals surface area contributed by atoms with Crippen LogP contribution in [0.25, 0.3) is 10.9 Å². The lowest BCUT2D eigenvalue weighted by Gasteiger charge is -2.14. The zero-order valence-electron chi connectivity index (χ0n) is 13.9. The Kier molecular flexibility index (Phi) is 3.84. The Labute approximate surface area is 146 Å². The maximum Gasteiger partial charge on any atom is 0.276 e. The van der Waals surface area contributed by atoms with Crippen LogP contribution >= 0.6 is 0 Å². The molecular formula is C19H19N3O2S. The highest BCUT2D eigenvalue weighted by molar-refractivity contribution is 7.89. The molecule has 4 rings (SSSR count). The van der Waals surface area contributed by atoms with Crippen molar-refractivity contribution in [2.75, 3.05) is 0 Å². The van der Waals surface area contributed by atoms with Crippen LogP contribution in [0.1, 0.15) is 29.7 Å². The highest BCUT2D eigenvalue weighted by Gasteiger charge is 2.21. The lowest BCUT2D eigenvalue weighted by atomic mass is 9.94. The average molecular weight is 353 g/mol. The molecule has 0 radical (unpaired) electrons. The van der Waals surface area contributed by atoms with E-state index in [1.54, 1.807) is 24.3 Å². The van der Waals surface area contributed by atoms with E-state index in [1.807, 2.05) is 25.1 Å². The van der Waals surface area contributed by atoms with Crippen LogP contribution in [0.4, 0.5) is 0 Å². The molecule has 0 aliphatic heterocycles. The van der Waals surface area contributed by atoms with Gasteiger partial charge in [0.2, 0.25) is 0 Å². The predicted molar refractivity (Wildman–Crippen MR) is 99.3 cm³/mol. The Bertz CT molecular complexity index is 1060. The molecular weight excluding hydrogens is 334 g/mol. The van der Waals surface area contributed by atoms with Crippen molar-refractivity contribution in [3.05, 3.63) is 65.4 Å². The number of nitrogens with zero attached hydrogens (tertiary/aromatic N) is 1. The molecule has 1 aliphatic rings. The molecule has 2 aromatic carbocycles. The van der Waals surface area contributed by atoms with Crippen molar-refractivity contribution in [1.29, 1.82) is 0 Å². The lowest BCUT2D eigenvalue weighted by molar-refractivity contribution is 0.584. The number of benzene rings is 2. The van der Waals surface area contributed by atoms with Crippen LogP contribution in [-0.2, 0) is 16.4 Å². The molecule has 0 atom stereocenters. The number of para-hydroxylation sites is 1. The lowest BCUT2D eigenvalue weighted by Crippen LogP contribution is -2.22. The first-order chi connectivity index (χ1) is 12.0. The van der Waals surface area contributed by atoms with Gasteiger partial charge in [-0.25, -0.2) is 0 Å². The van der Waals surface area contributed by atoms with Crippen LogP contribution in [0.2, 0.25) is 0 Å². The molecule has 128 valence electrons. The highest BCUT2D eigenvalue weighted by Crippen LogP contribution is 2.29. The second-order valence-corrected chi connectivity index (χ2v) is 8.00. The van der Waals surface area contributed by atoms with Crippen molar-refractivity contribution < 1.29 is 8.42 Å². The summed E-state index contributed by atoms with van der Waals surface area (Å²) in [6.45, 7) is 1.92. The molecule has 0 spiro atoms. The van der Waals surface area contributed by atoms with E-state index in [0.29, 0.717) is 0 Å². The summed E-state index contributed by atoms with van der Waals surface area (Å²) in [7, 11) is -3.66. The number of aryl methyl sites for hydroxylation is 2. The Morgan fingerprint density at radius 2 is 1.80 bits per heavy atom. The number of hydrazone groups is 1. The van der Waals surface area contributed by atoms with Gasteiger partial charge in [0.25, 0.3) is 10.0 Å². The van der Waals surface area contributed by atoms with E-state index in [0.717, 1.165) is 41.7 Å². The van der Waals surface area contributed by atoms with Crippen molar-refractivity contribution in [1.82, 2.24) is 9.82 Å². The van der Waals surface area contributed by atoms with Crippen LogP contribution in [0, 0.1) is 6.92 Å². The maximum absolute atomic E-state index is 12.4. The number of nitrogens with one attached hydrogen (secondary N) is 2. The fraction of sp³-hybridized carbons (Fsp3) is 0.211. The molecule has 6 heteroatoms. The molecule has 0 saturated heterocycles. The van der Waals surface area contributed by atoms with E-state index in [4.69, 9.17) is 0 Å². The molecule has 0 bridgehead atoms. The van der Waals surface area contributed by atoms with E-state index in [9.17, 15) is 8.42 Å². The van der Waals surface area contributed by atoms with Gasteiger partial charge in [0.15, 0.2) is 0 Å². The van der Waals surface area contributed by atoms with Crippen LogP contribution in [0.15, 0.2) is 58.5 Å². The van der Waals surface area contributed by atoms with Gasteiger partial charge in [0.1, 0.15) is 0 Å². The van der Waals surface area contributed by atoms with Crippen molar-refractivity contribution in [2.24, 2.45) is 5.10 Å². The maximum atomic E-state index is 12.4. The molecule has 25 heavy (non-hydrogen) atoms. The first-order valence-corrected chi connectivity index (χ1v) is 9.78. The molecule has 0 amide bonds. The van der Waals surface area contributed by atoms with Crippen molar-refractivity contribution in [2.45, 2.75) is 31.1 Å². The van der Waals surface area contributed by atoms with E-state index in [2.05, 4.69) is 21.0 Å². The number of fused-ring (bicyclic) bond motifs is 3. The molecule has 1 aromatic heterocycles. The fourth-order valence-electron chi connectivity index (χ4n) is 3.26. The minimum atomic E-state index is -3.66. The molecule has 2 N–H and O–H groups in total. The molecule has 0 saturated carbocycles. The number of H-pyrrole nitrogens is 1. The Morgan fingerprint density at radius 3 is 2.60 bits per heavy atom. The minimum absolute atomic E-state index is 0.218. The van der Waals surface area contributed by atoms with Gasteiger partial charge in [-0.3, -0.25) is 0 Å². The number of aromatic nitrogens is 1. The van der Waals surface area contributed by atoms with Gasteiger partial charge in [-0.2, -0.15) is 18.4 Å². The Balaban J connectivity index is 1.68. The molecule has 3 aromatic rings. The van der Waals surface area contributed by atoms with Crippen LogP contribution in [0.3, 0.4) is 0 Å². The number of rotatable bonds is 3. The van der Waals surface area contributed by atoms with E-state index < -0.39 is 10.0 Å².